The van der Waals surface area contributed by atoms with Gasteiger partial charge in [-0.25, -0.2) is 0 Å². The van der Waals surface area contributed by atoms with E-state index in [9.17, 15) is 22.8 Å². The Bertz CT molecular complexity index is 834. The van der Waals surface area contributed by atoms with Crippen molar-refractivity contribution in [1.82, 2.24) is 9.88 Å². The van der Waals surface area contributed by atoms with Gasteiger partial charge in [0.05, 0.1) is 11.6 Å². The molecular weight excluding hydrogens is 413 g/mol. The lowest BCUT2D eigenvalue weighted by molar-refractivity contribution is -0.137. The van der Waals surface area contributed by atoms with E-state index < -0.39 is 23.7 Å². The molecule has 1 aromatic carbocycles. The van der Waals surface area contributed by atoms with Gasteiger partial charge >= 0.3 is 6.18 Å². The molecule has 0 aliphatic rings. The van der Waals surface area contributed by atoms with Gasteiger partial charge in [-0.05, 0) is 46.1 Å². The number of aromatic nitrogens is 1. The molecular formula is C18H18BrF3N2O2. The lowest BCUT2D eigenvalue weighted by Crippen LogP contribution is -2.34. The van der Waals surface area contributed by atoms with Gasteiger partial charge in [0.2, 0.25) is 5.91 Å². The van der Waals surface area contributed by atoms with Gasteiger partial charge in [-0.2, -0.15) is 13.2 Å². The Morgan fingerprint density at radius 2 is 2.00 bits per heavy atom. The molecule has 1 N–H and O–H groups in total. The molecule has 8 heteroatoms. The monoisotopic (exact) mass is 430 g/mol. The van der Waals surface area contributed by atoms with Crippen molar-refractivity contribution < 1.29 is 18.0 Å². The fraction of sp³-hybridized carbons (Fsp3) is 0.333. The van der Waals surface area contributed by atoms with E-state index in [1.807, 2.05) is 6.92 Å². The number of pyridine rings is 1. The first-order chi connectivity index (χ1) is 12.2. The number of carbonyl (C=O) groups excluding carboxylic acids is 1. The highest BCUT2D eigenvalue weighted by Gasteiger charge is 2.31. The van der Waals surface area contributed by atoms with Gasteiger partial charge in [-0.1, -0.05) is 25.5 Å². The molecule has 0 saturated carbocycles. The van der Waals surface area contributed by atoms with Gasteiger partial charge in [-0.15, -0.1) is 0 Å². The molecule has 1 unspecified atom stereocenters. The summed E-state index contributed by atoms with van der Waals surface area (Å²) >= 11 is 3.23. The number of halogens is 4. The Morgan fingerprint density at radius 3 is 2.65 bits per heavy atom. The maximum Gasteiger partial charge on any atom is 0.416 e. The van der Waals surface area contributed by atoms with Gasteiger partial charge in [-0.3, -0.25) is 9.59 Å². The smallest absolute Gasteiger partial charge is 0.348 e. The molecule has 0 radical (unpaired) electrons. The van der Waals surface area contributed by atoms with Crippen molar-refractivity contribution in [2.45, 2.75) is 38.5 Å². The summed E-state index contributed by atoms with van der Waals surface area (Å²) < 4.78 is 40.6. The van der Waals surface area contributed by atoms with E-state index in [-0.39, 0.29) is 12.1 Å². The number of amides is 1. The van der Waals surface area contributed by atoms with E-state index in [1.54, 1.807) is 12.1 Å². The predicted molar refractivity (Wildman–Crippen MR) is 95.6 cm³/mol. The number of benzene rings is 1. The van der Waals surface area contributed by atoms with Crippen LogP contribution in [0.3, 0.4) is 0 Å². The Kier molecular flexibility index (Phi) is 6.63. The van der Waals surface area contributed by atoms with Gasteiger partial charge in [0.25, 0.3) is 5.56 Å². The number of nitrogens with zero attached hydrogens (tertiary/aromatic N) is 1. The van der Waals surface area contributed by atoms with E-state index in [0.29, 0.717) is 22.9 Å². The fourth-order valence-electron chi connectivity index (χ4n) is 2.56. The van der Waals surface area contributed by atoms with Crippen molar-refractivity contribution in [2.75, 3.05) is 0 Å². The van der Waals surface area contributed by atoms with Crippen LogP contribution in [0, 0.1) is 0 Å². The Balaban J connectivity index is 2.19. The Labute approximate surface area is 157 Å². The first-order valence-corrected chi connectivity index (χ1v) is 8.82. The molecule has 4 nitrogen and oxygen atoms in total. The van der Waals surface area contributed by atoms with E-state index in [4.69, 9.17) is 0 Å². The molecule has 0 fully saturated rings. The third-order valence-corrected chi connectivity index (χ3v) is 4.26. The Hall–Kier alpha value is -2.09. The average molecular weight is 431 g/mol. The Morgan fingerprint density at radius 1 is 1.27 bits per heavy atom. The molecule has 1 aromatic heterocycles. The molecule has 140 valence electrons. The first-order valence-electron chi connectivity index (χ1n) is 8.03. The van der Waals surface area contributed by atoms with Crippen LogP contribution in [0.25, 0.3) is 0 Å². The summed E-state index contributed by atoms with van der Waals surface area (Å²) in [6.07, 6.45) is -1.79. The highest BCUT2D eigenvalue weighted by Crippen LogP contribution is 2.31. The standard InChI is InChI=1S/C18H18BrF3N2O2/c1-2-4-15(12-5-3-6-13(9-12)18(20,21)22)23-16(25)11-24-10-14(19)7-8-17(24)26/h3,5-10,15H,2,4,11H2,1H3,(H,23,25). The molecule has 1 amide bonds. The van der Waals surface area contributed by atoms with E-state index in [0.717, 1.165) is 12.1 Å². The summed E-state index contributed by atoms with van der Waals surface area (Å²) in [4.78, 5) is 24.1. The summed E-state index contributed by atoms with van der Waals surface area (Å²) in [5, 5.41) is 2.73. The minimum atomic E-state index is -4.44. The van der Waals surface area contributed by atoms with E-state index in [2.05, 4.69) is 21.2 Å². The van der Waals surface area contributed by atoms with Crippen LogP contribution in [0.15, 0.2) is 51.9 Å². The van der Waals surface area contributed by atoms with Crippen molar-refractivity contribution in [3.05, 3.63) is 68.5 Å². The molecule has 0 saturated heterocycles. The number of alkyl halides is 3. The zero-order chi connectivity index (χ0) is 19.3. The van der Waals surface area contributed by atoms with Crippen LogP contribution in [0.5, 0.6) is 0 Å². The second-order valence-corrected chi connectivity index (χ2v) is 6.76. The molecule has 1 heterocycles. The third-order valence-electron chi connectivity index (χ3n) is 3.79. The highest BCUT2D eigenvalue weighted by molar-refractivity contribution is 9.10. The molecule has 0 aliphatic carbocycles. The highest BCUT2D eigenvalue weighted by atomic mass is 79.9. The van der Waals surface area contributed by atoms with Gasteiger partial charge < -0.3 is 9.88 Å². The molecule has 0 spiro atoms. The number of nitrogens with one attached hydrogen (secondary N) is 1. The summed E-state index contributed by atoms with van der Waals surface area (Å²) in [7, 11) is 0. The first kappa shape index (κ1) is 20.2. The second kappa shape index (κ2) is 8.53. The van der Waals surface area contributed by atoms with E-state index >= 15 is 0 Å². The van der Waals surface area contributed by atoms with Crippen LogP contribution in [-0.2, 0) is 17.5 Å². The molecule has 0 bridgehead atoms. The number of hydrogen-bond donors (Lipinski definition) is 1. The van der Waals surface area contributed by atoms with Crippen LogP contribution >= 0.6 is 15.9 Å². The molecule has 2 aromatic rings. The van der Waals surface area contributed by atoms with Crippen LogP contribution in [0.1, 0.15) is 36.9 Å². The SMILES string of the molecule is CCCC(NC(=O)Cn1cc(Br)ccc1=O)c1cccc(C(F)(F)F)c1. The second-order valence-electron chi connectivity index (χ2n) is 5.85. The van der Waals surface area contributed by atoms with Crippen molar-refractivity contribution in [2.24, 2.45) is 0 Å². The topological polar surface area (TPSA) is 51.1 Å². The summed E-state index contributed by atoms with van der Waals surface area (Å²) in [5.41, 5.74) is -0.709. The zero-order valence-corrected chi connectivity index (χ0v) is 15.6. The van der Waals surface area contributed by atoms with Gasteiger partial charge in [0.1, 0.15) is 6.54 Å². The zero-order valence-electron chi connectivity index (χ0n) is 14.0. The summed E-state index contributed by atoms with van der Waals surface area (Å²) in [6, 6.07) is 7.26. The van der Waals surface area contributed by atoms with Crippen molar-refractivity contribution in [1.29, 1.82) is 0 Å². The lowest BCUT2D eigenvalue weighted by Gasteiger charge is -2.20. The molecule has 0 aliphatic heterocycles. The predicted octanol–water partition coefficient (Wildman–Crippen LogP) is 4.29. The molecule has 26 heavy (non-hydrogen) atoms. The van der Waals surface area contributed by atoms with Crippen molar-refractivity contribution >= 4 is 21.8 Å². The van der Waals surface area contributed by atoms with E-state index in [1.165, 1.54) is 22.9 Å². The number of hydrogen-bond acceptors (Lipinski definition) is 2. The summed E-state index contributed by atoms with van der Waals surface area (Å²) in [5.74, 6) is -0.443. The minimum Gasteiger partial charge on any atom is -0.348 e. The normalized spacial score (nSPS) is 12.7. The van der Waals surface area contributed by atoms with Gasteiger partial charge in [0.15, 0.2) is 0 Å². The van der Waals surface area contributed by atoms with Crippen LogP contribution in [0.4, 0.5) is 13.2 Å². The maximum absolute atomic E-state index is 12.9. The average Bonchev–Trinajstić information content (AvgIpc) is 2.57. The maximum atomic E-state index is 12.9. The molecule has 2 rings (SSSR count). The van der Waals surface area contributed by atoms with Gasteiger partial charge in [0, 0.05) is 16.7 Å². The largest absolute Gasteiger partial charge is 0.416 e. The number of rotatable bonds is 6. The lowest BCUT2D eigenvalue weighted by atomic mass is 10.00. The minimum absolute atomic E-state index is 0.211. The van der Waals surface area contributed by atoms with Crippen LogP contribution in [-0.4, -0.2) is 10.5 Å². The van der Waals surface area contributed by atoms with Crippen LogP contribution < -0.4 is 10.9 Å². The fourth-order valence-corrected chi connectivity index (χ4v) is 2.94. The van der Waals surface area contributed by atoms with Crippen LogP contribution in [0.2, 0.25) is 0 Å². The number of carbonyl (C=O) groups is 1. The summed E-state index contributed by atoms with van der Waals surface area (Å²) in [6.45, 7) is 1.67. The molecule has 1 atom stereocenters. The quantitative estimate of drug-likeness (QED) is 0.742. The van der Waals surface area contributed by atoms with Crippen molar-refractivity contribution in [3.8, 4) is 0 Å². The third kappa shape index (κ3) is 5.45. The van der Waals surface area contributed by atoms with Crippen molar-refractivity contribution in [3.63, 3.8) is 0 Å².